The van der Waals surface area contributed by atoms with Gasteiger partial charge in [-0.3, -0.25) is 0 Å². The molecule has 6 aromatic carbocycles. The molecule has 0 N–H and O–H groups in total. The summed E-state index contributed by atoms with van der Waals surface area (Å²) in [7, 11) is -2.16. The molecule has 0 unspecified atom stereocenters. The Hall–Kier alpha value is -3.73. The predicted molar refractivity (Wildman–Crippen MR) is 155 cm³/mol. The Morgan fingerprint density at radius 1 is 0.371 bits per heavy atom. The molecule has 0 saturated carbocycles. The van der Waals surface area contributed by atoms with Crippen molar-refractivity contribution in [1.29, 1.82) is 0 Å². The molecule has 0 nitrogen and oxygen atoms in total. The average Bonchev–Trinajstić information content (AvgIpc) is 3.10. The molecule has 168 valence electrons. The fourth-order valence-electron chi connectivity index (χ4n) is 6.32. The molecule has 0 amide bonds. The Labute approximate surface area is 207 Å². The van der Waals surface area contributed by atoms with Crippen molar-refractivity contribution in [2.75, 3.05) is 0 Å². The van der Waals surface area contributed by atoms with Gasteiger partial charge in [-0.2, -0.15) is 0 Å². The van der Waals surface area contributed by atoms with Gasteiger partial charge in [-0.05, 0) is 0 Å². The molecule has 7 rings (SSSR count). The molecular formula is C34H27P. The maximum absolute atomic E-state index is 2.42. The van der Waals surface area contributed by atoms with E-state index < -0.39 is 7.26 Å². The van der Waals surface area contributed by atoms with Crippen LogP contribution in [0.1, 0.15) is 11.1 Å². The summed E-state index contributed by atoms with van der Waals surface area (Å²) in [6, 6.07) is 50.1. The molecule has 0 bridgehead atoms. The van der Waals surface area contributed by atoms with Crippen LogP contribution in [0.15, 0.2) is 133 Å². The number of hydrogen-bond acceptors (Lipinski definition) is 0. The van der Waals surface area contributed by atoms with Crippen molar-refractivity contribution < 1.29 is 0 Å². The van der Waals surface area contributed by atoms with E-state index in [4.69, 9.17) is 0 Å². The van der Waals surface area contributed by atoms with Crippen LogP contribution in [0.25, 0.3) is 32.7 Å². The molecule has 0 saturated heterocycles. The van der Waals surface area contributed by atoms with Gasteiger partial charge in [0.25, 0.3) is 0 Å². The van der Waals surface area contributed by atoms with Gasteiger partial charge in [-0.1, -0.05) is 0 Å². The standard InChI is InChI=1S/C34H27P/c1-3-13-29(14-4-1)35(30-15-5-2-6-16-30)23-27-21-19-25-11-7-9-17-31(25)33(27)34-28(24-35)22-20-26-12-8-10-18-32(26)34/h1-22,35H,23-24H2. The van der Waals surface area contributed by atoms with E-state index >= 15 is 0 Å². The van der Waals surface area contributed by atoms with Crippen molar-refractivity contribution in [2.24, 2.45) is 0 Å². The molecule has 35 heavy (non-hydrogen) atoms. The Bertz CT molecular complexity index is 1550. The van der Waals surface area contributed by atoms with Crippen LogP contribution in [0.3, 0.4) is 0 Å². The summed E-state index contributed by atoms with van der Waals surface area (Å²) < 4.78 is 0. The molecule has 0 radical (unpaired) electrons. The number of rotatable bonds is 2. The molecule has 0 aromatic heterocycles. The molecular weight excluding hydrogens is 439 g/mol. The van der Waals surface area contributed by atoms with Crippen LogP contribution in [0.5, 0.6) is 0 Å². The molecule has 1 heteroatoms. The molecule has 1 aliphatic rings. The first-order valence-electron chi connectivity index (χ1n) is 12.5. The van der Waals surface area contributed by atoms with E-state index in [0.717, 1.165) is 12.3 Å². The molecule has 0 aliphatic carbocycles. The van der Waals surface area contributed by atoms with Crippen LogP contribution in [0.2, 0.25) is 0 Å². The maximum atomic E-state index is 2.42. The van der Waals surface area contributed by atoms with Crippen molar-refractivity contribution in [3.8, 4) is 11.1 Å². The van der Waals surface area contributed by atoms with E-state index in [1.807, 2.05) is 0 Å². The Balaban J connectivity index is 1.64. The van der Waals surface area contributed by atoms with Crippen LogP contribution < -0.4 is 10.6 Å². The van der Waals surface area contributed by atoms with Gasteiger partial charge in [0.1, 0.15) is 0 Å². The third-order valence-corrected chi connectivity index (χ3v) is 12.8. The zero-order chi connectivity index (χ0) is 23.2. The van der Waals surface area contributed by atoms with Crippen LogP contribution in [0.4, 0.5) is 0 Å². The first-order valence-corrected chi connectivity index (χ1v) is 14.9. The van der Waals surface area contributed by atoms with Gasteiger partial charge in [0, 0.05) is 0 Å². The molecule has 1 heterocycles. The second kappa shape index (κ2) is 8.19. The van der Waals surface area contributed by atoms with Crippen molar-refractivity contribution in [2.45, 2.75) is 12.3 Å². The topological polar surface area (TPSA) is 0 Å². The van der Waals surface area contributed by atoms with Gasteiger partial charge in [0.15, 0.2) is 0 Å². The van der Waals surface area contributed by atoms with Crippen molar-refractivity contribution in [3.05, 3.63) is 145 Å². The van der Waals surface area contributed by atoms with E-state index in [9.17, 15) is 0 Å². The molecule has 6 aromatic rings. The van der Waals surface area contributed by atoms with Gasteiger partial charge < -0.3 is 0 Å². The first-order chi connectivity index (χ1) is 17.3. The third kappa shape index (κ3) is 3.25. The van der Waals surface area contributed by atoms with Gasteiger partial charge in [-0.25, -0.2) is 0 Å². The average molecular weight is 467 g/mol. The Morgan fingerprint density at radius 2 is 0.771 bits per heavy atom. The van der Waals surface area contributed by atoms with E-state index in [0.29, 0.717) is 0 Å². The third-order valence-electron chi connectivity index (χ3n) is 7.92. The van der Waals surface area contributed by atoms with E-state index in [1.165, 1.54) is 54.4 Å². The number of hydrogen-bond donors (Lipinski definition) is 0. The molecule has 0 fully saturated rings. The van der Waals surface area contributed by atoms with Crippen LogP contribution >= 0.6 is 7.26 Å². The number of fused-ring (bicyclic) bond motifs is 7. The summed E-state index contributed by atoms with van der Waals surface area (Å²) in [5.41, 5.74) is 5.85. The predicted octanol–water partition coefficient (Wildman–Crippen LogP) is 8.07. The Kier molecular flexibility index (Phi) is 4.83. The summed E-state index contributed by atoms with van der Waals surface area (Å²) in [6.07, 6.45) is 2.20. The monoisotopic (exact) mass is 466 g/mol. The van der Waals surface area contributed by atoms with Gasteiger partial charge in [0.2, 0.25) is 0 Å². The fraction of sp³-hybridized carbons (Fsp3) is 0.0588. The van der Waals surface area contributed by atoms with Crippen LogP contribution in [0, 0.1) is 0 Å². The summed E-state index contributed by atoms with van der Waals surface area (Å²) in [5.74, 6) is 0. The van der Waals surface area contributed by atoms with Crippen molar-refractivity contribution >= 4 is 39.4 Å². The van der Waals surface area contributed by atoms with E-state index in [-0.39, 0.29) is 0 Å². The Morgan fingerprint density at radius 3 is 1.23 bits per heavy atom. The summed E-state index contributed by atoms with van der Waals surface area (Å²) in [6.45, 7) is 0. The summed E-state index contributed by atoms with van der Waals surface area (Å²) in [4.78, 5) is 0. The number of benzene rings is 6. The van der Waals surface area contributed by atoms with E-state index in [2.05, 4.69) is 133 Å². The zero-order valence-electron chi connectivity index (χ0n) is 19.6. The second-order valence-electron chi connectivity index (χ2n) is 9.81. The molecule has 0 atom stereocenters. The normalized spacial score (nSPS) is 15.2. The fourth-order valence-corrected chi connectivity index (χ4v) is 11.1. The zero-order valence-corrected chi connectivity index (χ0v) is 20.6. The van der Waals surface area contributed by atoms with Gasteiger partial charge >= 0.3 is 207 Å². The van der Waals surface area contributed by atoms with Crippen molar-refractivity contribution in [3.63, 3.8) is 0 Å². The van der Waals surface area contributed by atoms with Crippen LogP contribution in [-0.4, -0.2) is 0 Å². The van der Waals surface area contributed by atoms with Gasteiger partial charge in [0.05, 0.1) is 0 Å². The minimum absolute atomic E-state index is 1.10. The first kappa shape index (κ1) is 20.6. The van der Waals surface area contributed by atoms with Gasteiger partial charge in [-0.15, -0.1) is 0 Å². The second-order valence-corrected chi connectivity index (χ2v) is 13.8. The van der Waals surface area contributed by atoms with Crippen molar-refractivity contribution in [1.82, 2.24) is 0 Å². The summed E-state index contributed by atoms with van der Waals surface area (Å²) >= 11 is 0. The van der Waals surface area contributed by atoms with Crippen LogP contribution in [-0.2, 0) is 12.3 Å². The molecule has 0 spiro atoms. The SMILES string of the molecule is c1ccc([PH]2(c3ccccc3)Cc3ccc4ccccc4c3-c3c(ccc4ccccc34)C2)cc1. The molecule has 1 aliphatic heterocycles. The van der Waals surface area contributed by atoms with E-state index in [1.54, 1.807) is 0 Å². The summed E-state index contributed by atoms with van der Waals surface area (Å²) in [5, 5.41) is 8.41. The quantitative estimate of drug-likeness (QED) is 0.226. The minimum atomic E-state index is -2.16.